The molecule has 1 aromatic carbocycles. The summed E-state index contributed by atoms with van der Waals surface area (Å²) in [4.78, 5) is 0. The van der Waals surface area contributed by atoms with Crippen LogP contribution in [0, 0.1) is 5.92 Å². The van der Waals surface area contributed by atoms with Gasteiger partial charge in [0, 0.05) is 13.0 Å². The lowest BCUT2D eigenvalue weighted by molar-refractivity contribution is 0.341. The van der Waals surface area contributed by atoms with Gasteiger partial charge in [0.25, 0.3) is 0 Å². The number of rotatable bonds is 4. The largest absolute Gasteiger partial charge is 0.493 e. The summed E-state index contributed by atoms with van der Waals surface area (Å²) < 4.78 is 7.89. The molecule has 0 spiro atoms. The van der Waals surface area contributed by atoms with Gasteiger partial charge in [0.2, 0.25) is 0 Å². The van der Waals surface area contributed by atoms with Crippen LogP contribution in [0.5, 0.6) is 5.75 Å². The molecular weight excluding hydrogens is 252 g/mol. The van der Waals surface area contributed by atoms with Gasteiger partial charge in [0.05, 0.1) is 12.2 Å². The Morgan fingerprint density at radius 3 is 3.00 bits per heavy atom. The molecule has 106 valence electrons. The van der Waals surface area contributed by atoms with Crippen molar-refractivity contribution in [2.45, 2.75) is 26.3 Å². The molecule has 1 aliphatic heterocycles. The summed E-state index contributed by atoms with van der Waals surface area (Å²) in [5.74, 6) is 3.33. The van der Waals surface area contributed by atoms with E-state index in [0.717, 1.165) is 48.9 Å². The van der Waals surface area contributed by atoms with Crippen molar-refractivity contribution in [2.24, 2.45) is 11.7 Å². The third-order valence-corrected chi connectivity index (χ3v) is 3.82. The number of nitrogens with two attached hydrogens (primary N) is 1. The maximum absolute atomic E-state index is 5.76. The van der Waals surface area contributed by atoms with Crippen LogP contribution in [0.15, 0.2) is 24.3 Å². The minimum absolute atomic E-state index is 0.529. The van der Waals surface area contributed by atoms with Crippen LogP contribution in [0.2, 0.25) is 0 Å². The van der Waals surface area contributed by atoms with Gasteiger partial charge in [0.15, 0.2) is 5.82 Å². The minimum Gasteiger partial charge on any atom is -0.493 e. The monoisotopic (exact) mass is 272 g/mol. The predicted octanol–water partition coefficient (Wildman–Crippen LogP) is 1.86. The van der Waals surface area contributed by atoms with Crippen molar-refractivity contribution in [3.05, 3.63) is 30.1 Å². The molecule has 0 saturated heterocycles. The van der Waals surface area contributed by atoms with Crippen LogP contribution in [0.1, 0.15) is 19.2 Å². The lowest BCUT2D eigenvalue weighted by Gasteiger charge is -2.22. The molecule has 0 fully saturated rings. The van der Waals surface area contributed by atoms with Gasteiger partial charge in [-0.15, -0.1) is 10.2 Å². The topological polar surface area (TPSA) is 66.0 Å². The number of aromatic nitrogens is 3. The Hall–Kier alpha value is -1.88. The quantitative estimate of drug-likeness (QED) is 0.922. The van der Waals surface area contributed by atoms with Gasteiger partial charge in [-0.1, -0.05) is 12.1 Å². The molecule has 1 unspecified atom stereocenters. The number of hydrogen-bond donors (Lipinski definition) is 1. The van der Waals surface area contributed by atoms with Crippen LogP contribution >= 0.6 is 0 Å². The van der Waals surface area contributed by atoms with Gasteiger partial charge in [-0.2, -0.15) is 0 Å². The molecule has 0 saturated carbocycles. The molecule has 3 rings (SSSR count). The van der Waals surface area contributed by atoms with Gasteiger partial charge in [0.1, 0.15) is 11.6 Å². The average Bonchev–Trinajstić information content (AvgIpc) is 2.91. The van der Waals surface area contributed by atoms with Crippen LogP contribution in [-0.2, 0) is 13.0 Å². The van der Waals surface area contributed by atoms with E-state index in [1.807, 2.05) is 31.2 Å². The van der Waals surface area contributed by atoms with Gasteiger partial charge in [-0.3, -0.25) is 0 Å². The molecule has 0 radical (unpaired) electrons. The Morgan fingerprint density at radius 1 is 1.35 bits per heavy atom. The Kier molecular flexibility index (Phi) is 3.69. The molecule has 1 atom stereocenters. The Bertz CT molecular complexity index is 593. The molecule has 2 N–H and O–H groups in total. The molecule has 0 amide bonds. The van der Waals surface area contributed by atoms with E-state index in [2.05, 4.69) is 14.8 Å². The van der Waals surface area contributed by atoms with Gasteiger partial charge in [-0.05, 0) is 37.9 Å². The number of benzene rings is 1. The molecule has 2 heterocycles. The zero-order chi connectivity index (χ0) is 13.9. The lowest BCUT2D eigenvalue weighted by atomic mass is 9.98. The maximum atomic E-state index is 5.76. The summed E-state index contributed by atoms with van der Waals surface area (Å²) in [6.07, 6.45) is 2.01. The fourth-order valence-corrected chi connectivity index (χ4v) is 2.73. The lowest BCUT2D eigenvalue weighted by Crippen LogP contribution is -2.25. The number of nitrogens with zero attached hydrogens (tertiary/aromatic N) is 3. The smallest absolute Gasteiger partial charge is 0.167 e. The third kappa shape index (κ3) is 2.29. The molecule has 5 nitrogen and oxygen atoms in total. The molecule has 0 bridgehead atoms. The van der Waals surface area contributed by atoms with Crippen LogP contribution in [0.25, 0.3) is 11.4 Å². The van der Waals surface area contributed by atoms with E-state index < -0.39 is 0 Å². The van der Waals surface area contributed by atoms with Gasteiger partial charge < -0.3 is 15.0 Å². The normalized spacial score (nSPS) is 17.8. The van der Waals surface area contributed by atoms with Crippen molar-refractivity contribution >= 4 is 0 Å². The highest BCUT2D eigenvalue weighted by molar-refractivity contribution is 5.64. The van der Waals surface area contributed by atoms with E-state index in [9.17, 15) is 0 Å². The predicted molar refractivity (Wildman–Crippen MR) is 77.5 cm³/mol. The molecule has 1 aliphatic rings. The number of ether oxygens (including phenoxy) is 1. The standard InChI is InChI=1S/C15H20N4O/c1-2-20-13-6-4-3-5-12(13)15-18-17-14-9-11(10-16)7-8-19(14)15/h3-6,11H,2,7-10,16H2,1H3. The summed E-state index contributed by atoms with van der Waals surface area (Å²) in [6, 6.07) is 8.00. The number of fused-ring (bicyclic) bond motifs is 1. The summed E-state index contributed by atoms with van der Waals surface area (Å²) >= 11 is 0. The van der Waals surface area contributed by atoms with Crippen LogP contribution in [0.4, 0.5) is 0 Å². The second kappa shape index (κ2) is 5.63. The highest BCUT2D eigenvalue weighted by Crippen LogP contribution is 2.31. The Morgan fingerprint density at radius 2 is 2.20 bits per heavy atom. The van der Waals surface area contributed by atoms with E-state index in [1.54, 1.807) is 0 Å². The van der Waals surface area contributed by atoms with E-state index in [1.165, 1.54) is 0 Å². The van der Waals surface area contributed by atoms with Crippen molar-refractivity contribution in [1.82, 2.24) is 14.8 Å². The SMILES string of the molecule is CCOc1ccccc1-c1nnc2n1CCC(CN)C2. The zero-order valence-corrected chi connectivity index (χ0v) is 11.7. The van der Waals surface area contributed by atoms with E-state index in [-0.39, 0.29) is 0 Å². The summed E-state index contributed by atoms with van der Waals surface area (Å²) in [5.41, 5.74) is 6.78. The third-order valence-electron chi connectivity index (χ3n) is 3.82. The van der Waals surface area contributed by atoms with Crippen LogP contribution in [-0.4, -0.2) is 27.9 Å². The minimum atomic E-state index is 0.529. The maximum Gasteiger partial charge on any atom is 0.167 e. The molecule has 0 aliphatic carbocycles. The first-order valence-corrected chi connectivity index (χ1v) is 7.17. The number of hydrogen-bond acceptors (Lipinski definition) is 4. The van der Waals surface area contributed by atoms with Gasteiger partial charge in [-0.25, -0.2) is 0 Å². The van der Waals surface area contributed by atoms with Crippen molar-refractivity contribution in [3.8, 4) is 17.1 Å². The Labute approximate surface area is 118 Å². The molecular formula is C15H20N4O. The van der Waals surface area contributed by atoms with E-state index in [0.29, 0.717) is 12.5 Å². The Balaban J connectivity index is 1.98. The van der Waals surface area contributed by atoms with Crippen LogP contribution in [0.3, 0.4) is 0 Å². The number of para-hydroxylation sites is 1. The van der Waals surface area contributed by atoms with Crippen molar-refractivity contribution in [1.29, 1.82) is 0 Å². The average molecular weight is 272 g/mol. The fraction of sp³-hybridized carbons (Fsp3) is 0.467. The van der Waals surface area contributed by atoms with Crippen molar-refractivity contribution in [3.63, 3.8) is 0 Å². The van der Waals surface area contributed by atoms with E-state index in [4.69, 9.17) is 10.5 Å². The van der Waals surface area contributed by atoms with Crippen molar-refractivity contribution in [2.75, 3.05) is 13.2 Å². The summed E-state index contributed by atoms with van der Waals surface area (Å²) in [7, 11) is 0. The molecule has 2 aromatic rings. The second-order valence-corrected chi connectivity index (χ2v) is 5.12. The highest BCUT2D eigenvalue weighted by atomic mass is 16.5. The first-order valence-electron chi connectivity index (χ1n) is 7.17. The van der Waals surface area contributed by atoms with E-state index >= 15 is 0 Å². The van der Waals surface area contributed by atoms with Crippen molar-refractivity contribution < 1.29 is 4.74 Å². The summed E-state index contributed by atoms with van der Waals surface area (Å²) in [5, 5.41) is 8.71. The summed E-state index contributed by atoms with van der Waals surface area (Å²) in [6.45, 7) is 4.28. The highest BCUT2D eigenvalue weighted by Gasteiger charge is 2.23. The molecule has 5 heteroatoms. The first kappa shape index (κ1) is 13.1. The van der Waals surface area contributed by atoms with Crippen LogP contribution < -0.4 is 10.5 Å². The molecule has 1 aromatic heterocycles. The fourth-order valence-electron chi connectivity index (χ4n) is 2.73. The second-order valence-electron chi connectivity index (χ2n) is 5.12. The zero-order valence-electron chi connectivity index (χ0n) is 11.7. The molecule has 20 heavy (non-hydrogen) atoms. The first-order chi connectivity index (χ1) is 9.83. The van der Waals surface area contributed by atoms with Gasteiger partial charge >= 0.3 is 0 Å².